The molecule has 1 aliphatic rings. The first-order valence-corrected chi connectivity index (χ1v) is 10.3. The molecular formula is C18H22Cl2FN3O3S. The molecule has 0 atom stereocenters. The summed E-state index contributed by atoms with van der Waals surface area (Å²) in [6, 6.07) is 7.54. The first kappa shape index (κ1) is 22.5. The quantitative estimate of drug-likeness (QED) is 0.731. The van der Waals surface area contributed by atoms with Crippen LogP contribution in [-0.2, 0) is 10.0 Å². The molecule has 0 aliphatic carbocycles. The van der Waals surface area contributed by atoms with Crippen molar-refractivity contribution < 1.29 is 17.5 Å². The highest BCUT2D eigenvalue weighted by atomic mass is 35.5. The Morgan fingerprint density at radius 1 is 1.21 bits per heavy atom. The van der Waals surface area contributed by atoms with Crippen molar-refractivity contribution in [3.63, 3.8) is 0 Å². The van der Waals surface area contributed by atoms with Gasteiger partial charge in [-0.05, 0) is 36.8 Å². The first-order chi connectivity index (χ1) is 12.8. The van der Waals surface area contributed by atoms with Gasteiger partial charge in [0.25, 0.3) is 10.0 Å². The summed E-state index contributed by atoms with van der Waals surface area (Å²) in [5.41, 5.74) is 1.04. The van der Waals surface area contributed by atoms with Crippen LogP contribution in [0.4, 0.5) is 15.8 Å². The van der Waals surface area contributed by atoms with E-state index in [-0.39, 0.29) is 28.0 Å². The minimum Gasteiger partial charge on any atom is -0.495 e. The van der Waals surface area contributed by atoms with Gasteiger partial charge in [-0.2, -0.15) is 0 Å². The van der Waals surface area contributed by atoms with E-state index in [2.05, 4.69) is 14.9 Å². The molecule has 0 bridgehead atoms. The van der Waals surface area contributed by atoms with E-state index >= 15 is 0 Å². The van der Waals surface area contributed by atoms with E-state index in [9.17, 15) is 12.8 Å². The van der Waals surface area contributed by atoms with Crippen LogP contribution in [0.2, 0.25) is 5.02 Å². The van der Waals surface area contributed by atoms with Gasteiger partial charge in [0, 0.05) is 26.2 Å². The van der Waals surface area contributed by atoms with Crippen molar-refractivity contribution in [3.8, 4) is 5.75 Å². The van der Waals surface area contributed by atoms with Crippen LogP contribution in [-0.4, -0.2) is 41.7 Å². The smallest absolute Gasteiger partial charge is 0.262 e. The van der Waals surface area contributed by atoms with Crippen molar-refractivity contribution in [1.82, 2.24) is 5.32 Å². The standard InChI is InChI=1S/C18H21ClFN3O3S.ClH/c1-12-3-5-14(17(19)18(12)20)22-27(24,25)13-4-6-16(26-2)15(11-13)23-9-7-21-8-10-23;/h3-6,11,21-22H,7-10H2,1-2H3;1H. The fraction of sp³-hybridized carbons (Fsp3) is 0.333. The monoisotopic (exact) mass is 449 g/mol. The predicted molar refractivity (Wildman–Crippen MR) is 112 cm³/mol. The lowest BCUT2D eigenvalue weighted by Gasteiger charge is -2.30. The van der Waals surface area contributed by atoms with E-state index < -0.39 is 15.8 Å². The fourth-order valence-electron chi connectivity index (χ4n) is 2.92. The zero-order chi connectivity index (χ0) is 19.6. The van der Waals surface area contributed by atoms with E-state index in [0.29, 0.717) is 17.0 Å². The molecule has 1 aliphatic heterocycles. The summed E-state index contributed by atoms with van der Waals surface area (Å²) in [7, 11) is -2.41. The average molecular weight is 450 g/mol. The lowest BCUT2D eigenvalue weighted by atomic mass is 10.2. The number of hydrogen-bond donors (Lipinski definition) is 2. The fourth-order valence-corrected chi connectivity index (χ4v) is 4.33. The summed E-state index contributed by atoms with van der Waals surface area (Å²) in [5, 5.41) is 3.00. The number of anilines is 2. The Bertz CT molecular complexity index is 951. The van der Waals surface area contributed by atoms with Gasteiger partial charge in [0.1, 0.15) is 16.6 Å². The van der Waals surface area contributed by atoms with Gasteiger partial charge in [0.15, 0.2) is 0 Å². The van der Waals surface area contributed by atoms with Crippen LogP contribution in [0.25, 0.3) is 0 Å². The van der Waals surface area contributed by atoms with Gasteiger partial charge < -0.3 is 15.0 Å². The molecule has 10 heteroatoms. The molecule has 3 rings (SSSR count). The number of hydrogen-bond acceptors (Lipinski definition) is 5. The van der Waals surface area contributed by atoms with Crippen molar-refractivity contribution in [3.05, 3.63) is 46.7 Å². The largest absolute Gasteiger partial charge is 0.495 e. The molecule has 1 fully saturated rings. The molecule has 2 aromatic rings. The Morgan fingerprint density at radius 2 is 1.89 bits per heavy atom. The Hall–Kier alpha value is -1.74. The van der Waals surface area contributed by atoms with Crippen LogP contribution in [0.1, 0.15) is 5.56 Å². The van der Waals surface area contributed by atoms with E-state index in [1.807, 2.05) is 0 Å². The Balaban J connectivity index is 0.00000280. The van der Waals surface area contributed by atoms with Crippen LogP contribution in [0.3, 0.4) is 0 Å². The second-order valence-corrected chi connectivity index (χ2v) is 8.29. The molecule has 0 aromatic heterocycles. The number of ether oxygens (including phenoxy) is 1. The maximum absolute atomic E-state index is 14.0. The van der Waals surface area contributed by atoms with Gasteiger partial charge in [-0.25, -0.2) is 12.8 Å². The molecular weight excluding hydrogens is 428 g/mol. The van der Waals surface area contributed by atoms with Crippen molar-refractivity contribution in [2.75, 3.05) is 42.9 Å². The van der Waals surface area contributed by atoms with Crippen LogP contribution in [0.5, 0.6) is 5.75 Å². The highest BCUT2D eigenvalue weighted by Gasteiger charge is 2.22. The van der Waals surface area contributed by atoms with Crippen LogP contribution in [0.15, 0.2) is 35.2 Å². The van der Waals surface area contributed by atoms with E-state index in [4.69, 9.17) is 16.3 Å². The third-order valence-electron chi connectivity index (χ3n) is 4.44. The van der Waals surface area contributed by atoms with E-state index in [1.165, 1.54) is 18.2 Å². The number of nitrogens with zero attached hydrogens (tertiary/aromatic N) is 1. The topological polar surface area (TPSA) is 70.7 Å². The normalized spacial score (nSPS) is 14.4. The number of halogens is 3. The maximum atomic E-state index is 14.0. The van der Waals surface area contributed by atoms with Crippen LogP contribution >= 0.6 is 24.0 Å². The van der Waals surface area contributed by atoms with Crippen molar-refractivity contribution >= 4 is 45.4 Å². The Morgan fingerprint density at radius 3 is 2.54 bits per heavy atom. The molecule has 0 spiro atoms. The highest BCUT2D eigenvalue weighted by molar-refractivity contribution is 7.92. The first-order valence-electron chi connectivity index (χ1n) is 8.44. The third-order valence-corrected chi connectivity index (χ3v) is 6.17. The molecule has 1 heterocycles. The SMILES string of the molecule is COc1ccc(S(=O)(=O)Nc2ccc(C)c(F)c2Cl)cc1N1CCNCC1.Cl. The molecule has 0 unspecified atom stereocenters. The van der Waals surface area contributed by atoms with Gasteiger partial charge in [0.2, 0.25) is 0 Å². The number of aryl methyl sites for hydroxylation is 1. The molecule has 0 saturated carbocycles. The summed E-state index contributed by atoms with van der Waals surface area (Å²) in [6.07, 6.45) is 0. The second-order valence-electron chi connectivity index (χ2n) is 6.23. The molecule has 2 N–H and O–H groups in total. The number of rotatable bonds is 5. The van der Waals surface area contributed by atoms with Crippen LogP contribution < -0.4 is 19.7 Å². The minimum absolute atomic E-state index is 0. The zero-order valence-electron chi connectivity index (χ0n) is 15.5. The molecule has 1 saturated heterocycles. The van der Waals surface area contributed by atoms with Gasteiger partial charge in [0.05, 0.1) is 23.4 Å². The molecule has 2 aromatic carbocycles. The van der Waals surface area contributed by atoms with Gasteiger partial charge in [-0.3, -0.25) is 4.72 Å². The van der Waals surface area contributed by atoms with Gasteiger partial charge >= 0.3 is 0 Å². The van der Waals surface area contributed by atoms with Gasteiger partial charge in [-0.15, -0.1) is 12.4 Å². The summed E-state index contributed by atoms with van der Waals surface area (Å²) in [6.45, 7) is 4.64. The van der Waals surface area contributed by atoms with E-state index in [0.717, 1.165) is 26.2 Å². The molecule has 6 nitrogen and oxygen atoms in total. The summed E-state index contributed by atoms with van der Waals surface area (Å²) in [5.74, 6) is -0.0524. The molecule has 28 heavy (non-hydrogen) atoms. The van der Waals surface area contributed by atoms with Crippen molar-refractivity contribution in [2.24, 2.45) is 0 Å². The summed E-state index contributed by atoms with van der Waals surface area (Å²) in [4.78, 5) is 2.11. The van der Waals surface area contributed by atoms with E-state index in [1.54, 1.807) is 26.2 Å². The lowest BCUT2D eigenvalue weighted by Crippen LogP contribution is -2.43. The number of piperazine rings is 1. The molecule has 154 valence electrons. The summed E-state index contributed by atoms with van der Waals surface area (Å²) < 4.78 is 47.4. The van der Waals surface area contributed by atoms with Crippen molar-refractivity contribution in [1.29, 1.82) is 0 Å². The van der Waals surface area contributed by atoms with Crippen LogP contribution in [0, 0.1) is 12.7 Å². The van der Waals surface area contributed by atoms with Gasteiger partial charge in [-0.1, -0.05) is 17.7 Å². The number of benzene rings is 2. The molecule has 0 amide bonds. The highest BCUT2D eigenvalue weighted by Crippen LogP contribution is 2.33. The second kappa shape index (κ2) is 9.17. The number of methoxy groups -OCH3 is 1. The lowest BCUT2D eigenvalue weighted by molar-refractivity contribution is 0.412. The summed E-state index contributed by atoms with van der Waals surface area (Å²) >= 11 is 5.96. The number of sulfonamides is 1. The zero-order valence-corrected chi connectivity index (χ0v) is 17.8. The minimum atomic E-state index is -3.95. The van der Waals surface area contributed by atoms with Crippen molar-refractivity contribution in [2.45, 2.75) is 11.8 Å². The predicted octanol–water partition coefficient (Wildman–Crippen LogP) is 3.43. The third kappa shape index (κ3) is 4.63. The number of nitrogens with one attached hydrogen (secondary N) is 2. The molecule has 0 radical (unpaired) electrons. The maximum Gasteiger partial charge on any atom is 0.262 e. The Labute approximate surface area is 175 Å². The Kier molecular flexibility index (Phi) is 7.39. The average Bonchev–Trinajstić information content (AvgIpc) is 2.68.